The van der Waals surface area contributed by atoms with E-state index in [9.17, 15) is 0 Å². The molecule has 0 bridgehead atoms. The summed E-state index contributed by atoms with van der Waals surface area (Å²) in [5, 5.41) is 0. The molecule has 1 saturated heterocycles. The number of hydrogen-bond donors (Lipinski definition) is 0. The zero-order valence-electron chi connectivity index (χ0n) is 14.2. The SMILES string of the molecule is CC1(C)OB(CCC[n+]2[c-]n(-c3ncccn3)cc2)OC1(C)C. The Bertz CT molecular complexity index is 641. The summed E-state index contributed by atoms with van der Waals surface area (Å²) in [5.74, 6) is 0.622. The van der Waals surface area contributed by atoms with Crippen LogP contribution < -0.4 is 4.57 Å². The maximum absolute atomic E-state index is 6.01. The van der Waals surface area contributed by atoms with Crippen LogP contribution in [0.15, 0.2) is 30.9 Å². The predicted molar refractivity (Wildman–Crippen MR) is 85.9 cm³/mol. The van der Waals surface area contributed by atoms with Crippen LogP contribution in [0.25, 0.3) is 5.95 Å². The molecule has 0 saturated carbocycles. The maximum Gasteiger partial charge on any atom is 0.457 e. The summed E-state index contributed by atoms with van der Waals surface area (Å²) in [6.07, 6.45) is 12.4. The molecular formula is C16H23BN4O2. The Kier molecular flexibility index (Phi) is 4.25. The number of aryl methyl sites for hydroxylation is 1. The molecule has 0 spiro atoms. The second-order valence-corrected chi connectivity index (χ2v) is 6.84. The van der Waals surface area contributed by atoms with Crippen LogP contribution in [-0.2, 0) is 15.9 Å². The molecule has 0 amide bonds. The van der Waals surface area contributed by atoms with Gasteiger partial charge in [-0.2, -0.15) is 0 Å². The Balaban J connectivity index is 1.52. The molecule has 3 heterocycles. The minimum atomic E-state index is -0.259. The molecule has 23 heavy (non-hydrogen) atoms. The van der Waals surface area contributed by atoms with Crippen molar-refractivity contribution in [1.29, 1.82) is 0 Å². The minimum absolute atomic E-state index is 0.139. The molecule has 6 nitrogen and oxygen atoms in total. The molecule has 0 aliphatic carbocycles. The number of aromatic nitrogens is 4. The lowest BCUT2D eigenvalue weighted by molar-refractivity contribution is -0.700. The summed E-state index contributed by atoms with van der Waals surface area (Å²) in [4.78, 5) is 8.41. The molecule has 7 heteroatoms. The van der Waals surface area contributed by atoms with Crippen molar-refractivity contribution in [3.05, 3.63) is 37.2 Å². The highest BCUT2D eigenvalue weighted by Crippen LogP contribution is 2.37. The molecular weight excluding hydrogens is 291 g/mol. The van der Waals surface area contributed by atoms with Crippen molar-refractivity contribution in [2.75, 3.05) is 0 Å². The van der Waals surface area contributed by atoms with Crippen LogP contribution in [0, 0.1) is 6.33 Å². The normalized spacial score (nSPS) is 19.2. The van der Waals surface area contributed by atoms with Crippen molar-refractivity contribution in [3.8, 4) is 5.95 Å². The fourth-order valence-corrected chi connectivity index (χ4v) is 2.51. The van der Waals surface area contributed by atoms with E-state index in [4.69, 9.17) is 9.31 Å². The number of hydrogen-bond acceptors (Lipinski definition) is 4. The van der Waals surface area contributed by atoms with Gasteiger partial charge in [0.05, 0.1) is 17.7 Å². The summed E-state index contributed by atoms with van der Waals surface area (Å²) in [6.45, 7) is 9.17. The third-order valence-electron chi connectivity index (χ3n) is 4.54. The quantitative estimate of drug-likeness (QED) is 0.480. The Labute approximate surface area is 137 Å². The van der Waals surface area contributed by atoms with Crippen molar-refractivity contribution in [2.45, 2.75) is 58.2 Å². The van der Waals surface area contributed by atoms with Crippen LogP contribution in [0.3, 0.4) is 0 Å². The molecule has 0 N–H and O–H groups in total. The molecule has 0 radical (unpaired) electrons. The fraction of sp³-hybridized carbons (Fsp3) is 0.562. The lowest BCUT2D eigenvalue weighted by Gasteiger charge is -2.32. The number of nitrogens with zero attached hydrogens (tertiary/aromatic N) is 4. The second-order valence-electron chi connectivity index (χ2n) is 6.84. The molecule has 2 aromatic heterocycles. The molecule has 0 unspecified atom stereocenters. The topological polar surface area (TPSA) is 53.0 Å². The first kappa shape index (κ1) is 16.1. The predicted octanol–water partition coefficient (Wildman–Crippen LogP) is 1.84. The standard InChI is InChI=1S/C16H23BN4O2/c1-15(2)16(3,4)23-17(22-15)7-5-10-20-11-12-21(13-20)14-18-8-6-9-19-14/h6,8-9,11-12H,5,7,10H2,1-4H3. The van der Waals surface area contributed by atoms with E-state index in [2.05, 4.69) is 44.0 Å². The molecule has 1 aliphatic rings. The van der Waals surface area contributed by atoms with Gasteiger partial charge in [-0.25, -0.2) is 9.97 Å². The summed E-state index contributed by atoms with van der Waals surface area (Å²) in [7, 11) is -0.139. The Morgan fingerprint density at radius 1 is 1.17 bits per heavy atom. The third-order valence-corrected chi connectivity index (χ3v) is 4.54. The van der Waals surface area contributed by atoms with E-state index in [0.717, 1.165) is 19.3 Å². The van der Waals surface area contributed by atoms with Gasteiger partial charge in [0.15, 0.2) is 0 Å². The van der Waals surface area contributed by atoms with E-state index in [1.54, 1.807) is 23.0 Å². The third kappa shape index (κ3) is 3.45. The zero-order valence-corrected chi connectivity index (χ0v) is 14.2. The first-order valence-corrected chi connectivity index (χ1v) is 8.00. The Morgan fingerprint density at radius 2 is 1.83 bits per heavy atom. The summed E-state index contributed by atoms with van der Waals surface area (Å²) >= 11 is 0. The van der Waals surface area contributed by atoms with Crippen LogP contribution >= 0.6 is 0 Å². The molecule has 1 aliphatic heterocycles. The van der Waals surface area contributed by atoms with E-state index in [-0.39, 0.29) is 18.3 Å². The highest BCUT2D eigenvalue weighted by atomic mass is 16.7. The molecule has 3 rings (SSSR count). The van der Waals surface area contributed by atoms with E-state index in [1.807, 2.05) is 17.0 Å². The van der Waals surface area contributed by atoms with Gasteiger partial charge >= 0.3 is 7.12 Å². The van der Waals surface area contributed by atoms with Gasteiger partial charge in [-0.1, -0.05) is 0 Å². The molecule has 122 valence electrons. The van der Waals surface area contributed by atoms with Crippen LogP contribution in [0.1, 0.15) is 34.1 Å². The number of imidazole rings is 1. The lowest BCUT2D eigenvalue weighted by Crippen LogP contribution is -2.41. The first-order chi connectivity index (χ1) is 10.9. The summed E-state index contributed by atoms with van der Waals surface area (Å²) < 4.78 is 15.8. The number of rotatable bonds is 5. The van der Waals surface area contributed by atoms with Crippen LogP contribution in [0.5, 0.6) is 0 Å². The monoisotopic (exact) mass is 314 g/mol. The van der Waals surface area contributed by atoms with Gasteiger partial charge in [-0.3, -0.25) is 4.57 Å². The van der Waals surface area contributed by atoms with Crippen molar-refractivity contribution in [2.24, 2.45) is 0 Å². The molecule has 0 aromatic carbocycles. The largest absolute Gasteiger partial charge is 0.457 e. The van der Waals surface area contributed by atoms with Crippen LogP contribution in [0.4, 0.5) is 0 Å². The first-order valence-electron chi connectivity index (χ1n) is 8.00. The van der Waals surface area contributed by atoms with Crippen molar-refractivity contribution < 1.29 is 13.9 Å². The highest BCUT2D eigenvalue weighted by molar-refractivity contribution is 6.45. The van der Waals surface area contributed by atoms with Crippen LogP contribution in [0.2, 0.25) is 6.32 Å². The van der Waals surface area contributed by atoms with Gasteiger partial charge in [0, 0.05) is 24.8 Å². The van der Waals surface area contributed by atoms with Gasteiger partial charge in [0.25, 0.3) is 0 Å². The van der Waals surface area contributed by atoms with Crippen molar-refractivity contribution >= 4 is 7.12 Å². The Hall–Kier alpha value is -1.73. The fourth-order valence-electron chi connectivity index (χ4n) is 2.51. The lowest BCUT2D eigenvalue weighted by atomic mass is 9.83. The Morgan fingerprint density at radius 3 is 2.48 bits per heavy atom. The van der Waals surface area contributed by atoms with E-state index >= 15 is 0 Å². The molecule has 2 aromatic rings. The smallest absolute Gasteiger partial charge is 0.403 e. The van der Waals surface area contributed by atoms with Crippen molar-refractivity contribution in [1.82, 2.24) is 14.5 Å². The van der Waals surface area contributed by atoms with E-state index < -0.39 is 0 Å². The minimum Gasteiger partial charge on any atom is -0.403 e. The van der Waals surface area contributed by atoms with Crippen LogP contribution in [-0.4, -0.2) is 32.9 Å². The zero-order chi connectivity index (χ0) is 16.5. The van der Waals surface area contributed by atoms with E-state index in [1.165, 1.54) is 0 Å². The summed E-state index contributed by atoms with van der Waals surface area (Å²) in [6, 6.07) is 1.80. The summed E-state index contributed by atoms with van der Waals surface area (Å²) in [5.41, 5.74) is -0.518. The maximum atomic E-state index is 6.01. The van der Waals surface area contributed by atoms with E-state index in [0.29, 0.717) is 5.95 Å². The van der Waals surface area contributed by atoms with Gasteiger partial charge in [-0.05, 0) is 46.5 Å². The van der Waals surface area contributed by atoms with Crippen molar-refractivity contribution in [3.63, 3.8) is 0 Å². The van der Waals surface area contributed by atoms with Gasteiger partial charge < -0.3 is 13.9 Å². The van der Waals surface area contributed by atoms with Gasteiger partial charge in [0.1, 0.15) is 0 Å². The highest BCUT2D eigenvalue weighted by Gasteiger charge is 2.50. The van der Waals surface area contributed by atoms with Gasteiger partial charge in [0.2, 0.25) is 12.3 Å². The molecule has 1 fully saturated rings. The second kappa shape index (κ2) is 6.05. The average Bonchev–Trinajstić information content (AvgIpc) is 3.03. The molecule has 0 atom stereocenters. The van der Waals surface area contributed by atoms with Gasteiger partial charge in [-0.15, -0.1) is 0 Å². The average molecular weight is 314 g/mol.